The molecule has 0 bridgehead atoms. The van der Waals surface area contributed by atoms with E-state index in [0.29, 0.717) is 24.3 Å². The normalized spacial score (nSPS) is 10.9. The second kappa shape index (κ2) is 8.35. The van der Waals surface area contributed by atoms with Crippen LogP contribution in [0.2, 0.25) is 0 Å². The van der Waals surface area contributed by atoms with E-state index in [4.69, 9.17) is 0 Å². The lowest BCUT2D eigenvalue weighted by Crippen LogP contribution is -2.28. The molecule has 128 valence electrons. The first-order valence-corrected chi connectivity index (χ1v) is 9.33. The zero-order valence-corrected chi connectivity index (χ0v) is 14.3. The minimum Gasteiger partial charge on any atom is -0.334 e. The average molecular weight is 347 g/mol. The molecular formula is C17H21N3O3S. The zero-order valence-electron chi connectivity index (χ0n) is 13.5. The molecule has 2 rings (SSSR count). The van der Waals surface area contributed by atoms with Gasteiger partial charge in [-0.05, 0) is 30.2 Å². The summed E-state index contributed by atoms with van der Waals surface area (Å²) in [6.45, 7) is 2.21. The van der Waals surface area contributed by atoms with Gasteiger partial charge >= 0.3 is 6.03 Å². The largest absolute Gasteiger partial charge is 0.334 e. The summed E-state index contributed by atoms with van der Waals surface area (Å²) in [6, 6.07) is 15.8. The highest BCUT2D eigenvalue weighted by Gasteiger charge is 2.09. The van der Waals surface area contributed by atoms with Crippen molar-refractivity contribution in [2.45, 2.75) is 19.9 Å². The average Bonchev–Trinajstić information content (AvgIpc) is 2.53. The number of sulfonamides is 1. The molecule has 2 aromatic rings. The molecule has 0 aliphatic heterocycles. The highest BCUT2D eigenvalue weighted by atomic mass is 32.2. The van der Waals surface area contributed by atoms with Gasteiger partial charge in [0.2, 0.25) is 10.0 Å². The number of rotatable bonds is 7. The number of carbonyl (C=O) groups is 1. The smallest absolute Gasteiger partial charge is 0.319 e. The summed E-state index contributed by atoms with van der Waals surface area (Å²) < 4.78 is 26.1. The van der Waals surface area contributed by atoms with Gasteiger partial charge in [0.25, 0.3) is 0 Å². The molecule has 7 heteroatoms. The second-order valence-corrected chi connectivity index (χ2v) is 7.14. The lowest BCUT2D eigenvalue weighted by Gasteiger charge is -2.10. The first-order chi connectivity index (χ1) is 11.5. The molecule has 0 saturated carbocycles. The molecule has 0 saturated heterocycles. The summed E-state index contributed by atoms with van der Waals surface area (Å²) in [6.07, 6.45) is 0.537. The van der Waals surface area contributed by atoms with Crippen molar-refractivity contribution in [2.75, 3.05) is 15.8 Å². The molecule has 0 heterocycles. The predicted octanol–water partition coefficient (Wildman–Crippen LogP) is 3.16. The van der Waals surface area contributed by atoms with E-state index in [1.807, 2.05) is 30.3 Å². The quantitative estimate of drug-likeness (QED) is 0.719. The van der Waals surface area contributed by atoms with Crippen molar-refractivity contribution in [1.29, 1.82) is 0 Å². The fraction of sp³-hybridized carbons (Fsp3) is 0.235. The van der Waals surface area contributed by atoms with E-state index < -0.39 is 10.0 Å². The minimum atomic E-state index is -3.35. The van der Waals surface area contributed by atoms with Gasteiger partial charge in [0.05, 0.1) is 11.4 Å². The number of hydrogen-bond acceptors (Lipinski definition) is 3. The van der Waals surface area contributed by atoms with Gasteiger partial charge in [-0.3, -0.25) is 4.72 Å². The molecule has 0 spiro atoms. The van der Waals surface area contributed by atoms with Crippen molar-refractivity contribution < 1.29 is 13.2 Å². The summed E-state index contributed by atoms with van der Waals surface area (Å²) in [5.41, 5.74) is 1.93. The number of urea groups is 1. The first kappa shape index (κ1) is 17.8. The molecule has 24 heavy (non-hydrogen) atoms. The van der Waals surface area contributed by atoms with E-state index in [0.717, 1.165) is 5.56 Å². The Kier molecular flexibility index (Phi) is 6.20. The molecule has 0 aromatic heterocycles. The Labute approximate surface area is 142 Å². The van der Waals surface area contributed by atoms with Crippen LogP contribution in [0.15, 0.2) is 54.6 Å². The number of nitrogens with one attached hydrogen (secondary N) is 3. The standard InChI is InChI=1S/C17H21N3O3S/c1-2-11-24(22,23)20-16-10-6-9-15(12-16)19-17(21)18-13-14-7-4-3-5-8-14/h3-10,12,20H,2,11,13H2,1H3,(H2,18,19,21). The Hall–Kier alpha value is -2.54. The highest BCUT2D eigenvalue weighted by molar-refractivity contribution is 7.92. The van der Waals surface area contributed by atoms with Gasteiger partial charge < -0.3 is 10.6 Å². The number of hydrogen-bond donors (Lipinski definition) is 3. The van der Waals surface area contributed by atoms with E-state index in [2.05, 4.69) is 15.4 Å². The molecule has 0 fully saturated rings. The van der Waals surface area contributed by atoms with Crippen LogP contribution < -0.4 is 15.4 Å². The lowest BCUT2D eigenvalue weighted by atomic mass is 10.2. The predicted molar refractivity (Wildman–Crippen MR) is 96.4 cm³/mol. The van der Waals surface area contributed by atoms with Crippen molar-refractivity contribution >= 4 is 27.4 Å². The van der Waals surface area contributed by atoms with Gasteiger partial charge in [-0.15, -0.1) is 0 Å². The van der Waals surface area contributed by atoms with E-state index in [9.17, 15) is 13.2 Å². The van der Waals surface area contributed by atoms with Crippen LogP contribution in [0, 0.1) is 0 Å². The first-order valence-electron chi connectivity index (χ1n) is 7.68. The minimum absolute atomic E-state index is 0.0578. The number of carbonyl (C=O) groups excluding carboxylic acids is 1. The van der Waals surface area contributed by atoms with Gasteiger partial charge in [-0.25, -0.2) is 13.2 Å². The Morgan fingerprint density at radius 3 is 2.42 bits per heavy atom. The summed E-state index contributed by atoms with van der Waals surface area (Å²) in [4.78, 5) is 11.9. The van der Waals surface area contributed by atoms with E-state index >= 15 is 0 Å². The molecule has 0 radical (unpaired) electrons. The zero-order chi connectivity index (χ0) is 17.4. The molecule has 6 nitrogen and oxygen atoms in total. The maximum absolute atomic E-state index is 11.9. The fourth-order valence-corrected chi connectivity index (χ4v) is 3.24. The summed E-state index contributed by atoms with van der Waals surface area (Å²) in [7, 11) is -3.35. The van der Waals surface area contributed by atoms with Crippen LogP contribution in [0.3, 0.4) is 0 Å². The Morgan fingerprint density at radius 2 is 1.71 bits per heavy atom. The molecule has 2 amide bonds. The molecule has 0 atom stereocenters. The third-order valence-electron chi connectivity index (χ3n) is 3.16. The fourth-order valence-electron chi connectivity index (χ4n) is 2.11. The Bertz CT molecular complexity index is 777. The van der Waals surface area contributed by atoms with E-state index in [-0.39, 0.29) is 11.8 Å². The highest BCUT2D eigenvalue weighted by Crippen LogP contribution is 2.16. The van der Waals surface area contributed by atoms with Crippen LogP contribution in [0.4, 0.5) is 16.2 Å². The molecular weight excluding hydrogens is 326 g/mol. The maximum atomic E-state index is 11.9. The van der Waals surface area contributed by atoms with E-state index in [1.54, 1.807) is 31.2 Å². The van der Waals surface area contributed by atoms with Gasteiger partial charge in [0, 0.05) is 12.2 Å². The molecule has 2 aromatic carbocycles. The maximum Gasteiger partial charge on any atom is 0.319 e. The van der Waals surface area contributed by atoms with Gasteiger partial charge in [-0.2, -0.15) is 0 Å². The molecule has 0 unspecified atom stereocenters. The van der Waals surface area contributed by atoms with Gasteiger partial charge in [-0.1, -0.05) is 43.3 Å². The Morgan fingerprint density at radius 1 is 1.00 bits per heavy atom. The topological polar surface area (TPSA) is 87.3 Å². The van der Waals surface area contributed by atoms with E-state index in [1.165, 1.54) is 0 Å². The van der Waals surface area contributed by atoms with Crippen molar-refractivity contribution in [2.24, 2.45) is 0 Å². The molecule has 3 N–H and O–H groups in total. The Balaban J connectivity index is 1.92. The summed E-state index contributed by atoms with van der Waals surface area (Å²) in [5.74, 6) is 0.0578. The third kappa shape index (κ3) is 5.92. The summed E-state index contributed by atoms with van der Waals surface area (Å²) in [5, 5.41) is 5.43. The third-order valence-corrected chi connectivity index (χ3v) is 4.65. The van der Waals surface area contributed by atoms with Crippen LogP contribution in [-0.2, 0) is 16.6 Å². The molecule has 0 aliphatic carbocycles. The molecule has 0 aliphatic rings. The van der Waals surface area contributed by atoms with Crippen LogP contribution in [-0.4, -0.2) is 20.2 Å². The number of amides is 2. The van der Waals surface area contributed by atoms with Crippen LogP contribution in [0.5, 0.6) is 0 Å². The number of anilines is 2. The SMILES string of the molecule is CCCS(=O)(=O)Nc1cccc(NC(=O)NCc2ccccc2)c1. The van der Waals surface area contributed by atoms with Crippen LogP contribution in [0.1, 0.15) is 18.9 Å². The van der Waals surface area contributed by atoms with Crippen LogP contribution >= 0.6 is 0 Å². The number of benzene rings is 2. The van der Waals surface area contributed by atoms with Crippen molar-refractivity contribution in [3.8, 4) is 0 Å². The van der Waals surface area contributed by atoms with Crippen molar-refractivity contribution in [1.82, 2.24) is 5.32 Å². The monoisotopic (exact) mass is 347 g/mol. The van der Waals surface area contributed by atoms with Crippen LogP contribution in [0.25, 0.3) is 0 Å². The lowest BCUT2D eigenvalue weighted by molar-refractivity contribution is 0.251. The van der Waals surface area contributed by atoms with Crippen molar-refractivity contribution in [3.63, 3.8) is 0 Å². The van der Waals surface area contributed by atoms with Gasteiger partial charge in [0.15, 0.2) is 0 Å². The second-order valence-electron chi connectivity index (χ2n) is 5.30. The summed E-state index contributed by atoms with van der Waals surface area (Å²) >= 11 is 0. The van der Waals surface area contributed by atoms with Crippen molar-refractivity contribution in [3.05, 3.63) is 60.2 Å². The van der Waals surface area contributed by atoms with Gasteiger partial charge in [0.1, 0.15) is 0 Å².